The van der Waals surface area contributed by atoms with Crippen molar-refractivity contribution < 1.29 is 18.7 Å². The van der Waals surface area contributed by atoms with Crippen LogP contribution in [0.5, 0.6) is 11.5 Å². The summed E-state index contributed by atoms with van der Waals surface area (Å²) in [6.07, 6.45) is 2.24. The van der Waals surface area contributed by atoms with Gasteiger partial charge in [-0.2, -0.15) is 0 Å². The standard InChI is InChI=1S/C20H28N4O4/c1-4-21-20(24-12-11-22-19(25)17-6-5-13-28-17)23-10-9-15-7-8-16(26-2)18(14-15)27-3/h5-8,13-14H,4,9-12H2,1-3H3,(H,22,25)(H2,21,23,24). The van der Waals surface area contributed by atoms with E-state index >= 15 is 0 Å². The van der Waals surface area contributed by atoms with Crippen LogP contribution < -0.4 is 25.4 Å². The van der Waals surface area contributed by atoms with E-state index in [1.54, 1.807) is 26.4 Å². The molecule has 0 spiro atoms. The molecule has 1 amide bonds. The zero-order valence-electron chi connectivity index (χ0n) is 16.6. The Balaban J connectivity index is 1.79. The van der Waals surface area contributed by atoms with Gasteiger partial charge in [-0.05, 0) is 43.2 Å². The zero-order chi connectivity index (χ0) is 20.2. The molecule has 1 aromatic heterocycles. The van der Waals surface area contributed by atoms with Crippen molar-refractivity contribution in [1.29, 1.82) is 0 Å². The summed E-state index contributed by atoms with van der Waals surface area (Å²) >= 11 is 0. The molecule has 28 heavy (non-hydrogen) atoms. The van der Waals surface area contributed by atoms with Crippen molar-refractivity contribution in [2.45, 2.75) is 13.3 Å². The summed E-state index contributed by atoms with van der Waals surface area (Å²) in [5.41, 5.74) is 1.11. The molecular weight excluding hydrogens is 360 g/mol. The molecule has 3 N–H and O–H groups in total. The Morgan fingerprint density at radius 2 is 1.86 bits per heavy atom. The normalized spacial score (nSPS) is 11.0. The second kappa shape index (κ2) is 11.5. The number of nitrogens with zero attached hydrogens (tertiary/aromatic N) is 1. The number of methoxy groups -OCH3 is 2. The maximum Gasteiger partial charge on any atom is 0.287 e. The number of carbonyl (C=O) groups is 1. The van der Waals surface area contributed by atoms with Gasteiger partial charge in [0, 0.05) is 26.2 Å². The number of hydrogen-bond acceptors (Lipinski definition) is 5. The molecule has 2 rings (SSSR count). The molecule has 0 aliphatic rings. The summed E-state index contributed by atoms with van der Waals surface area (Å²) in [5, 5.41) is 9.17. The number of ether oxygens (including phenoxy) is 2. The number of rotatable bonds is 10. The van der Waals surface area contributed by atoms with Crippen LogP contribution in [0.15, 0.2) is 46.0 Å². The number of aliphatic imine (C=N–C) groups is 1. The Morgan fingerprint density at radius 3 is 2.54 bits per heavy atom. The molecule has 2 aromatic rings. The predicted octanol–water partition coefficient (Wildman–Crippen LogP) is 1.82. The summed E-state index contributed by atoms with van der Waals surface area (Å²) < 4.78 is 15.6. The molecule has 0 unspecified atom stereocenters. The van der Waals surface area contributed by atoms with Crippen molar-refractivity contribution in [2.75, 3.05) is 40.4 Å². The lowest BCUT2D eigenvalue weighted by Gasteiger charge is -2.12. The summed E-state index contributed by atoms with van der Waals surface area (Å²) in [6.45, 7) is 4.38. The summed E-state index contributed by atoms with van der Waals surface area (Å²) in [4.78, 5) is 16.4. The fraction of sp³-hybridized carbons (Fsp3) is 0.400. The van der Waals surface area contributed by atoms with Gasteiger partial charge < -0.3 is 29.8 Å². The van der Waals surface area contributed by atoms with Crippen molar-refractivity contribution in [3.05, 3.63) is 47.9 Å². The molecule has 1 heterocycles. The minimum atomic E-state index is -0.234. The van der Waals surface area contributed by atoms with Gasteiger partial charge in [-0.3, -0.25) is 9.79 Å². The average Bonchev–Trinajstić information content (AvgIpc) is 3.25. The first-order chi connectivity index (χ1) is 13.7. The van der Waals surface area contributed by atoms with Gasteiger partial charge in [0.05, 0.1) is 20.5 Å². The smallest absolute Gasteiger partial charge is 0.287 e. The molecule has 0 saturated carbocycles. The largest absolute Gasteiger partial charge is 0.493 e. The maximum absolute atomic E-state index is 11.8. The third-order valence-corrected chi connectivity index (χ3v) is 3.91. The van der Waals surface area contributed by atoms with E-state index < -0.39 is 0 Å². The second-order valence-corrected chi connectivity index (χ2v) is 5.86. The van der Waals surface area contributed by atoms with Crippen LogP contribution in [0.2, 0.25) is 0 Å². The fourth-order valence-corrected chi connectivity index (χ4v) is 2.53. The van der Waals surface area contributed by atoms with Crippen molar-refractivity contribution in [3.63, 3.8) is 0 Å². The predicted molar refractivity (Wildman–Crippen MR) is 108 cm³/mol. The Bertz CT molecular complexity index is 760. The van der Waals surface area contributed by atoms with Crippen LogP contribution in [0.1, 0.15) is 23.0 Å². The Labute approximate surface area is 165 Å². The molecule has 0 atom stereocenters. The first-order valence-electron chi connectivity index (χ1n) is 9.22. The SMILES string of the molecule is CCNC(=NCCc1ccc(OC)c(OC)c1)NCCNC(=O)c1ccco1. The lowest BCUT2D eigenvalue weighted by Crippen LogP contribution is -2.41. The van der Waals surface area contributed by atoms with Gasteiger partial charge in [0.2, 0.25) is 0 Å². The van der Waals surface area contributed by atoms with Gasteiger partial charge in [-0.15, -0.1) is 0 Å². The van der Waals surface area contributed by atoms with Crippen LogP contribution in [0.3, 0.4) is 0 Å². The second-order valence-electron chi connectivity index (χ2n) is 5.86. The molecule has 0 fully saturated rings. The van der Waals surface area contributed by atoms with Crippen molar-refractivity contribution >= 4 is 11.9 Å². The van der Waals surface area contributed by atoms with E-state index in [1.807, 2.05) is 25.1 Å². The molecule has 1 aromatic carbocycles. The molecular formula is C20H28N4O4. The van der Waals surface area contributed by atoms with E-state index in [4.69, 9.17) is 13.9 Å². The molecule has 0 aliphatic carbocycles. The van der Waals surface area contributed by atoms with Crippen LogP contribution in [-0.2, 0) is 6.42 Å². The molecule has 0 saturated heterocycles. The van der Waals surface area contributed by atoms with E-state index in [9.17, 15) is 4.79 Å². The number of nitrogens with one attached hydrogen (secondary N) is 3. The van der Waals surface area contributed by atoms with Gasteiger partial charge in [0.15, 0.2) is 23.2 Å². The van der Waals surface area contributed by atoms with Gasteiger partial charge in [0.25, 0.3) is 5.91 Å². The topological polar surface area (TPSA) is 97.1 Å². The summed E-state index contributed by atoms with van der Waals surface area (Å²) in [7, 11) is 3.24. The van der Waals surface area contributed by atoms with Crippen molar-refractivity contribution in [2.24, 2.45) is 4.99 Å². The Kier molecular flexibility index (Phi) is 8.71. The first kappa shape index (κ1) is 21.1. The molecule has 8 nitrogen and oxygen atoms in total. The fourth-order valence-electron chi connectivity index (χ4n) is 2.53. The quantitative estimate of drug-likeness (QED) is 0.326. The number of carbonyl (C=O) groups excluding carboxylic acids is 1. The minimum Gasteiger partial charge on any atom is -0.493 e. The van der Waals surface area contributed by atoms with Crippen molar-refractivity contribution in [3.8, 4) is 11.5 Å². The van der Waals surface area contributed by atoms with Gasteiger partial charge >= 0.3 is 0 Å². The number of guanidine groups is 1. The third kappa shape index (κ3) is 6.53. The molecule has 8 heteroatoms. The molecule has 0 radical (unpaired) electrons. The Hall–Kier alpha value is -3.16. The average molecular weight is 388 g/mol. The lowest BCUT2D eigenvalue weighted by molar-refractivity contribution is 0.0926. The van der Waals surface area contributed by atoms with Crippen LogP contribution in [0.25, 0.3) is 0 Å². The van der Waals surface area contributed by atoms with Crippen molar-refractivity contribution in [1.82, 2.24) is 16.0 Å². The van der Waals surface area contributed by atoms with Crippen LogP contribution in [0.4, 0.5) is 0 Å². The lowest BCUT2D eigenvalue weighted by atomic mass is 10.1. The van der Waals surface area contributed by atoms with Crippen LogP contribution in [-0.4, -0.2) is 52.3 Å². The number of amides is 1. The van der Waals surface area contributed by atoms with Gasteiger partial charge in [-0.25, -0.2) is 0 Å². The molecule has 152 valence electrons. The highest BCUT2D eigenvalue weighted by Crippen LogP contribution is 2.27. The highest BCUT2D eigenvalue weighted by Gasteiger charge is 2.07. The van der Waals surface area contributed by atoms with E-state index in [2.05, 4.69) is 20.9 Å². The highest BCUT2D eigenvalue weighted by atomic mass is 16.5. The number of benzene rings is 1. The highest BCUT2D eigenvalue weighted by molar-refractivity contribution is 5.91. The third-order valence-electron chi connectivity index (χ3n) is 3.91. The van der Waals surface area contributed by atoms with Gasteiger partial charge in [0.1, 0.15) is 0 Å². The van der Waals surface area contributed by atoms with E-state index in [0.29, 0.717) is 42.9 Å². The Morgan fingerprint density at radius 1 is 1.07 bits per heavy atom. The van der Waals surface area contributed by atoms with Gasteiger partial charge in [-0.1, -0.05) is 6.07 Å². The van der Waals surface area contributed by atoms with E-state index in [0.717, 1.165) is 18.5 Å². The van der Waals surface area contributed by atoms with E-state index in [-0.39, 0.29) is 5.91 Å². The zero-order valence-corrected chi connectivity index (χ0v) is 16.6. The summed E-state index contributed by atoms with van der Waals surface area (Å²) in [6, 6.07) is 9.16. The molecule has 0 bridgehead atoms. The first-order valence-corrected chi connectivity index (χ1v) is 9.22. The minimum absolute atomic E-state index is 0.234. The van der Waals surface area contributed by atoms with Crippen LogP contribution in [0, 0.1) is 0 Å². The molecule has 0 aliphatic heterocycles. The summed E-state index contributed by atoms with van der Waals surface area (Å²) in [5.74, 6) is 2.19. The van der Waals surface area contributed by atoms with Crippen LogP contribution >= 0.6 is 0 Å². The van der Waals surface area contributed by atoms with E-state index in [1.165, 1.54) is 6.26 Å². The maximum atomic E-state index is 11.8. The number of hydrogen-bond donors (Lipinski definition) is 3. The monoisotopic (exact) mass is 388 g/mol. The number of furan rings is 1.